The van der Waals surface area contributed by atoms with Crippen LogP contribution >= 0.6 is 11.3 Å². The molecule has 3 rings (SSSR count). The number of halogens is 3. The number of aryl methyl sites for hydroxylation is 2. The Hall–Kier alpha value is -2.25. The summed E-state index contributed by atoms with van der Waals surface area (Å²) in [7, 11) is -3.69. The maximum atomic E-state index is 12.9. The molecule has 0 fully saturated rings. The molecule has 0 spiro atoms. The normalized spacial score (nSPS) is 12.6. The average Bonchev–Trinajstić information content (AvgIpc) is 3.16. The number of sulfonamides is 1. The number of aromatic nitrogens is 4. The molecule has 0 aromatic carbocycles. The van der Waals surface area contributed by atoms with Gasteiger partial charge in [-0.2, -0.15) is 27.8 Å². The highest BCUT2D eigenvalue weighted by molar-refractivity contribution is 7.89. The first-order valence-corrected chi connectivity index (χ1v) is 9.96. The Morgan fingerprint density at radius 3 is 2.59 bits per heavy atom. The van der Waals surface area contributed by atoms with Gasteiger partial charge in [-0.05, 0) is 19.9 Å². The van der Waals surface area contributed by atoms with E-state index >= 15 is 0 Å². The molecule has 3 heterocycles. The topological polar surface area (TPSA) is 101 Å². The summed E-state index contributed by atoms with van der Waals surface area (Å²) in [5.41, 5.74) is -1.12. The van der Waals surface area contributed by atoms with E-state index in [1.54, 1.807) is 13.0 Å². The molecule has 8 nitrogen and oxygen atoms in total. The van der Waals surface area contributed by atoms with Gasteiger partial charge in [0.15, 0.2) is 5.69 Å². The van der Waals surface area contributed by atoms with Crippen molar-refractivity contribution in [1.29, 1.82) is 0 Å². The van der Waals surface area contributed by atoms with Crippen LogP contribution in [0.5, 0.6) is 0 Å². The maximum absolute atomic E-state index is 12.9. The number of thiophene rings is 1. The van der Waals surface area contributed by atoms with Gasteiger partial charge in [0.1, 0.15) is 12.1 Å². The fourth-order valence-electron chi connectivity index (χ4n) is 2.41. The van der Waals surface area contributed by atoms with Gasteiger partial charge >= 0.3 is 6.18 Å². The first kappa shape index (κ1) is 19.5. The van der Waals surface area contributed by atoms with E-state index in [1.807, 2.05) is 6.92 Å². The monoisotopic (exact) mass is 420 g/mol. The van der Waals surface area contributed by atoms with Crippen LogP contribution < -0.4 is 10.0 Å². The molecule has 146 valence electrons. The number of hydrogen-bond donors (Lipinski definition) is 2. The Balaban J connectivity index is 1.71. The second-order valence-electron chi connectivity index (χ2n) is 5.60. The van der Waals surface area contributed by atoms with Crippen molar-refractivity contribution in [1.82, 2.24) is 24.3 Å². The van der Waals surface area contributed by atoms with E-state index in [1.165, 1.54) is 11.3 Å². The summed E-state index contributed by atoms with van der Waals surface area (Å²) < 4.78 is 67.0. The van der Waals surface area contributed by atoms with E-state index in [0.717, 1.165) is 21.8 Å². The van der Waals surface area contributed by atoms with E-state index in [9.17, 15) is 21.6 Å². The zero-order valence-corrected chi connectivity index (χ0v) is 15.8. The lowest BCUT2D eigenvalue weighted by molar-refractivity contribution is -0.141. The van der Waals surface area contributed by atoms with E-state index in [0.29, 0.717) is 4.88 Å². The van der Waals surface area contributed by atoms with Gasteiger partial charge in [0.25, 0.3) is 5.78 Å². The number of nitrogens with one attached hydrogen (secondary N) is 2. The smallest absolute Gasteiger partial charge is 0.369 e. The molecule has 0 atom stereocenters. The minimum absolute atomic E-state index is 0.00609. The summed E-state index contributed by atoms with van der Waals surface area (Å²) in [6.07, 6.45) is -3.56. The predicted molar refractivity (Wildman–Crippen MR) is 93.3 cm³/mol. The molecule has 13 heteroatoms. The fourth-order valence-corrected chi connectivity index (χ4v) is 5.00. The Morgan fingerprint density at radius 1 is 1.22 bits per heavy atom. The number of alkyl halides is 3. The van der Waals surface area contributed by atoms with Crippen molar-refractivity contribution in [2.75, 3.05) is 18.4 Å². The zero-order valence-electron chi connectivity index (χ0n) is 14.2. The van der Waals surface area contributed by atoms with E-state index in [-0.39, 0.29) is 29.6 Å². The Morgan fingerprint density at radius 2 is 1.96 bits per heavy atom. The lowest BCUT2D eigenvalue weighted by atomic mass is 10.4. The molecule has 0 saturated heterocycles. The van der Waals surface area contributed by atoms with E-state index < -0.39 is 21.9 Å². The van der Waals surface area contributed by atoms with Crippen molar-refractivity contribution in [2.45, 2.75) is 24.9 Å². The maximum Gasteiger partial charge on any atom is 0.433 e. The van der Waals surface area contributed by atoms with Gasteiger partial charge in [-0.15, -0.1) is 11.3 Å². The number of fused-ring (bicyclic) bond motifs is 1. The van der Waals surface area contributed by atoms with E-state index in [2.05, 4.69) is 25.1 Å². The molecular weight excluding hydrogens is 405 g/mol. The highest BCUT2D eigenvalue weighted by Gasteiger charge is 2.34. The van der Waals surface area contributed by atoms with Crippen LogP contribution in [0.4, 0.5) is 19.0 Å². The molecule has 2 N–H and O–H groups in total. The molecule has 0 unspecified atom stereocenters. The number of rotatable bonds is 6. The van der Waals surface area contributed by atoms with Crippen molar-refractivity contribution in [2.24, 2.45) is 0 Å². The second-order valence-corrected chi connectivity index (χ2v) is 8.79. The largest absolute Gasteiger partial charge is 0.433 e. The third-order valence-electron chi connectivity index (χ3n) is 3.55. The van der Waals surface area contributed by atoms with Gasteiger partial charge in [-0.1, -0.05) is 0 Å². The van der Waals surface area contributed by atoms with Crippen LogP contribution in [0.1, 0.15) is 15.4 Å². The van der Waals surface area contributed by atoms with Crippen LogP contribution in [-0.2, 0) is 16.2 Å². The van der Waals surface area contributed by atoms with Gasteiger partial charge in [-0.25, -0.2) is 18.1 Å². The first-order valence-electron chi connectivity index (χ1n) is 7.66. The zero-order chi connectivity index (χ0) is 19.8. The minimum Gasteiger partial charge on any atom is -0.369 e. The SMILES string of the molecule is Cc1cc(S(=O)(=O)NCCNc2cc(C(F)(F)F)nc3ncnn23)c(C)s1. The van der Waals surface area contributed by atoms with Crippen molar-refractivity contribution in [3.63, 3.8) is 0 Å². The molecule has 3 aromatic heterocycles. The van der Waals surface area contributed by atoms with Gasteiger partial charge in [0, 0.05) is 28.9 Å². The Kier molecular flexibility index (Phi) is 5.10. The highest BCUT2D eigenvalue weighted by Crippen LogP contribution is 2.29. The Labute approximate surface area is 156 Å². The standard InChI is InChI=1S/C14H15F3N6O2S2/c1-8-5-10(9(2)26-8)27(24,25)21-4-3-18-12-6-11(14(15,16)17)22-13-19-7-20-23(12)13/h5-7,18,21H,3-4H2,1-2H3. The van der Waals surface area contributed by atoms with Gasteiger partial charge in [-0.3, -0.25) is 0 Å². The van der Waals surface area contributed by atoms with Crippen molar-refractivity contribution < 1.29 is 21.6 Å². The summed E-state index contributed by atoms with van der Waals surface area (Å²) in [6.45, 7) is 3.53. The number of nitrogens with zero attached hydrogens (tertiary/aromatic N) is 4. The van der Waals surface area contributed by atoms with Crippen molar-refractivity contribution in [3.8, 4) is 0 Å². The Bertz CT molecular complexity index is 1070. The lowest BCUT2D eigenvalue weighted by Crippen LogP contribution is -2.29. The first-order chi connectivity index (χ1) is 12.6. The fraction of sp³-hybridized carbons (Fsp3) is 0.357. The second kappa shape index (κ2) is 7.05. The van der Waals surface area contributed by atoms with Gasteiger partial charge in [0.2, 0.25) is 10.0 Å². The van der Waals surface area contributed by atoms with Crippen molar-refractivity contribution in [3.05, 3.63) is 33.9 Å². The molecule has 3 aromatic rings. The van der Waals surface area contributed by atoms with Crippen LogP contribution in [0.25, 0.3) is 5.78 Å². The van der Waals surface area contributed by atoms with Crippen LogP contribution in [0.2, 0.25) is 0 Å². The minimum atomic E-state index is -4.64. The summed E-state index contributed by atoms with van der Waals surface area (Å²) in [5.74, 6) is -0.205. The lowest BCUT2D eigenvalue weighted by Gasteiger charge is -2.12. The van der Waals surface area contributed by atoms with Gasteiger partial charge < -0.3 is 5.32 Å². The summed E-state index contributed by atoms with van der Waals surface area (Å²) >= 11 is 1.37. The number of anilines is 1. The van der Waals surface area contributed by atoms with Crippen LogP contribution in [0.15, 0.2) is 23.4 Å². The van der Waals surface area contributed by atoms with Crippen LogP contribution in [-0.4, -0.2) is 41.1 Å². The average molecular weight is 420 g/mol. The number of hydrogen-bond acceptors (Lipinski definition) is 7. The quantitative estimate of drug-likeness (QED) is 0.593. The molecule has 0 bridgehead atoms. The van der Waals surface area contributed by atoms with Gasteiger partial charge in [0.05, 0.1) is 4.90 Å². The van der Waals surface area contributed by atoms with Crippen molar-refractivity contribution >= 4 is 33.0 Å². The highest BCUT2D eigenvalue weighted by atomic mass is 32.2. The van der Waals surface area contributed by atoms with Crippen LogP contribution in [0, 0.1) is 13.8 Å². The molecule has 27 heavy (non-hydrogen) atoms. The molecule has 0 amide bonds. The third-order valence-corrected chi connectivity index (χ3v) is 6.23. The summed E-state index contributed by atoms with van der Waals surface area (Å²) in [6, 6.07) is 2.37. The molecule has 0 saturated carbocycles. The molecule has 0 radical (unpaired) electrons. The molecular formula is C14H15F3N6O2S2. The molecule has 0 aliphatic rings. The van der Waals surface area contributed by atoms with E-state index in [4.69, 9.17) is 0 Å². The third kappa shape index (κ3) is 4.20. The molecule has 0 aliphatic carbocycles. The molecule has 0 aliphatic heterocycles. The predicted octanol–water partition coefficient (Wildman–Crippen LogP) is 2.21. The summed E-state index contributed by atoms with van der Waals surface area (Å²) in [5, 5.41) is 6.53. The summed E-state index contributed by atoms with van der Waals surface area (Å²) in [4.78, 5) is 8.80. The van der Waals surface area contributed by atoms with Crippen LogP contribution in [0.3, 0.4) is 0 Å².